The van der Waals surface area contributed by atoms with Gasteiger partial charge in [-0.2, -0.15) is 0 Å². The third kappa shape index (κ3) is 3.47. The maximum absolute atomic E-state index is 11.2. The van der Waals surface area contributed by atoms with E-state index in [1.165, 1.54) is 0 Å². The zero-order chi connectivity index (χ0) is 9.68. The second-order valence-corrected chi connectivity index (χ2v) is 3.42. The fourth-order valence-electron chi connectivity index (χ4n) is 0.767. The molecule has 0 bridgehead atoms. The lowest BCUT2D eigenvalue weighted by molar-refractivity contribution is 0.0948. The number of nitrogens with zero attached hydrogens (tertiary/aromatic N) is 2. The predicted molar refractivity (Wildman–Crippen MR) is 50.5 cm³/mol. The van der Waals surface area contributed by atoms with Gasteiger partial charge >= 0.3 is 0 Å². The maximum Gasteiger partial charge on any atom is 0.272 e. The molecule has 5 nitrogen and oxygen atoms in total. The molecule has 1 amide bonds. The number of amides is 1. The minimum atomic E-state index is -0.186. The summed E-state index contributed by atoms with van der Waals surface area (Å²) in [6.07, 6.45) is 0.767. The molecular weight excluding hydrogens is 188 g/mol. The summed E-state index contributed by atoms with van der Waals surface area (Å²) in [4.78, 5) is 11.2. The number of carbonyl (C=O) groups is 1. The van der Waals surface area contributed by atoms with Gasteiger partial charge in [-0.05, 0) is 24.9 Å². The molecular formula is C7H12N4OS. The van der Waals surface area contributed by atoms with Crippen molar-refractivity contribution in [1.29, 1.82) is 0 Å². The van der Waals surface area contributed by atoms with Crippen LogP contribution >= 0.6 is 11.5 Å². The van der Waals surface area contributed by atoms with Crippen LogP contribution < -0.4 is 11.1 Å². The smallest absolute Gasteiger partial charge is 0.272 e. The summed E-state index contributed by atoms with van der Waals surface area (Å²) < 4.78 is 3.59. The molecule has 1 aromatic heterocycles. The van der Waals surface area contributed by atoms with Gasteiger partial charge in [-0.3, -0.25) is 4.79 Å². The van der Waals surface area contributed by atoms with Crippen LogP contribution in [0.5, 0.6) is 0 Å². The average Bonchev–Trinajstić information content (AvgIpc) is 2.55. The lowest BCUT2D eigenvalue weighted by Gasteiger charge is -2.04. The molecule has 3 N–H and O–H groups in total. The number of hydrogen-bond acceptors (Lipinski definition) is 5. The standard InChI is InChI=1S/C7H12N4OS/c1-5(8)2-3-9-7(12)6-4-13-11-10-6/h4-5H,2-3,8H2,1H3,(H,9,12). The molecule has 0 fully saturated rings. The zero-order valence-electron chi connectivity index (χ0n) is 7.36. The first-order valence-electron chi connectivity index (χ1n) is 4.01. The number of rotatable bonds is 4. The Morgan fingerprint density at radius 3 is 3.15 bits per heavy atom. The van der Waals surface area contributed by atoms with Crippen LogP contribution in [0.1, 0.15) is 23.8 Å². The highest BCUT2D eigenvalue weighted by molar-refractivity contribution is 7.03. The largest absolute Gasteiger partial charge is 0.351 e. The summed E-state index contributed by atoms with van der Waals surface area (Å²) in [5.41, 5.74) is 5.89. The second kappa shape index (κ2) is 4.88. The van der Waals surface area contributed by atoms with E-state index in [2.05, 4.69) is 14.9 Å². The molecule has 0 saturated carbocycles. The molecule has 0 aromatic carbocycles. The van der Waals surface area contributed by atoms with Crippen molar-refractivity contribution in [1.82, 2.24) is 14.9 Å². The van der Waals surface area contributed by atoms with E-state index in [9.17, 15) is 4.79 Å². The molecule has 13 heavy (non-hydrogen) atoms. The molecule has 1 aromatic rings. The van der Waals surface area contributed by atoms with Gasteiger partial charge < -0.3 is 11.1 Å². The van der Waals surface area contributed by atoms with Gasteiger partial charge in [0.2, 0.25) is 0 Å². The molecule has 1 rings (SSSR count). The highest BCUT2D eigenvalue weighted by atomic mass is 32.1. The summed E-state index contributed by atoms with van der Waals surface area (Å²) in [7, 11) is 0. The van der Waals surface area contributed by atoms with E-state index in [-0.39, 0.29) is 11.9 Å². The van der Waals surface area contributed by atoms with Crippen LogP contribution in [0.25, 0.3) is 0 Å². The number of aromatic nitrogens is 2. The highest BCUT2D eigenvalue weighted by Gasteiger charge is 2.07. The molecule has 1 heterocycles. The highest BCUT2D eigenvalue weighted by Crippen LogP contribution is 1.96. The van der Waals surface area contributed by atoms with Gasteiger partial charge in [0.25, 0.3) is 5.91 Å². The van der Waals surface area contributed by atoms with E-state index in [0.29, 0.717) is 12.2 Å². The van der Waals surface area contributed by atoms with Gasteiger partial charge in [0.05, 0.1) is 0 Å². The van der Waals surface area contributed by atoms with Crippen molar-refractivity contribution in [3.63, 3.8) is 0 Å². The molecule has 1 unspecified atom stereocenters. The van der Waals surface area contributed by atoms with Crippen molar-refractivity contribution in [2.45, 2.75) is 19.4 Å². The third-order valence-electron chi connectivity index (χ3n) is 1.48. The van der Waals surface area contributed by atoms with Gasteiger partial charge in [0.15, 0.2) is 5.69 Å². The molecule has 6 heteroatoms. The molecule has 72 valence electrons. The van der Waals surface area contributed by atoms with Gasteiger partial charge in [-0.15, -0.1) is 5.10 Å². The Kier molecular flexibility index (Phi) is 3.78. The molecule has 0 aliphatic carbocycles. The Morgan fingerprint density at radius 1 is 1.85 bits per heavy atom. The summed E-state index contributed by atoms with van der Waals surface area (Å²) in [6.45, 7) is 2.48. The average molecular weight is 200 g/mol. The monoisotopic (exact) mass is 200 g/mol. The third-order valence-corrected chi connectivity index (χ3v) is 1.98. The first-order valence-corrected chi connectivity index (χ1v) is 4.84. The minimum Gasteiger partial charge on any atom is -0.351 e. The Bertz CT molecular complexity index is 259. The topological polar surface area (TPSA) is 80.9 Å². The van der Waals surface area contributed by atoms with E-state index in [1.54, 1.807) is 5.38 Å². The van der Waals surface area contributed by atoms with Crippen LogP contribution in [-0.2, 0) is 0 Å². The van der Waals surface area contributed by atoms with Crippen LogP contribution in [0.3, 0.4) is 0 Å². The summed E-state index contributed by atoms with van der Waals surface area (Å²) in [5, 5.41) is 7.95. The van der Waals surface area contributed by atoms with E-state index in [1.807, 2.05) is 6.92 Å². The molecule has 1 atom stereocenters. The Balaban J connectivity index is 2.27. The fourth-order valence-corrected chi connectivity index (χ4v) is 1.20. The van der Waals surface area contributed by atoms with Crippen molar-refractivity contribution in [3.8, 4) is 0 Å². The molecule has 0 saturated heterocycles. The Morgan fingerprint density at radius 2 is 2.62 bits per heavy atom. The van der Waals surface area contributed by atoms with E-state index < -0.39 is 0 Å². The van der Waals surface area contributed by atoms with Crippen molar-refractivity contribution >= 4 is 17.4 Å². The normalized spacial score (nSPS) is 12.5. The van der Waals surface area contributed by atoms with Crippen molar-refractivity contribution in [2.75, 3.05) is 6.54 Å². The lowest BCUT2D eigenvalue weighted by Crippen LogP contribution is -2.29. The maximum atomic E-state index is 11.2. The predicted octanol–water partition coefficient (Wildman–Crippen LogP) is 0.00520. The van der Waals surface area contributed by atoms with Crippen molar-refractivity contribution in [2.24, 2.45) is 5.73 Å². The fraction of sp³-hybridized carbons (Fsp3) is 0.571. The van der Waals surface area contributed by atoms with Crippen LogP contribution in [0.4, 0.5) is 0 Å². The quantitative estimate of drug-likeness (QED) is 0.717. The summed E-state index contributed by atoms with van der Waals surface area (Å²) in [5.74, 6) is -0.186. The SMILES string of the molecule is CC(N)CCNC(=O)c1csnn1. The van der Waals surface area contributed by atoms with E-state index >= 15 is 0 Å². The summed E-state index contributed by atoms with van der Waals surface area (Å²) in [6, 6.07) is 0.105. The van der Waals surface area contributed by atoms with Gasteiger partial charge in [-0.1, -0.05) is 4.49 Å². The van der Waals surface area contributed by atoms with Crippen LogP contribution in [-0.4, -0.2) is 28.1 Å². The minimum absolute atomic E-state index is 0.105. The molecule has 0 spiro atoms. The van der Waals surface area contributed by atoms with Gasteiger partial charge in [-0.25, -0.2) is 0 Å². The first kappa shape index (κ1) is 10.1. The second-order valence-electron chi connectivity index (χ2n) is 2.81. The van der Waals surface area contributed by atoms with E-state index in [4.69, 9.17) is 5.73 Å². The van der Waals surface area contributed by atoms with Crippen LogP contribution in [0.15, 0.2) is 5.38 Å². The van der Waals surface area contributed by atoms with E-state index in [0.717, 1.165) is 18.0 Å². The lowest BCUT2D eigenvalue weighted by atomic mass is 10.2. The van der Waals surface area contributed by atoms with Crippen molar-refractivity contribution < 1.29 is 4.79 Å². The van der Waals surface area contributed by atoms with Gasteiger partial charge in [0.1, 0.15) is 0 Å². The number of nitrogens with one attached hydrogen (secondary N) is 1. The Hall–Kier alpha value is -1.01. The summed E-state index contributed by atoms with van der Waals surface area (Å²) >= 11 is 1.16. The number of nitrogens with two attached hydrogens (primary N) is 1. The molecule has 0 aliphatic heterocycles. The van der Waals surface area contributed by atoms with Crippen molar-refractivity contribution in [3.05, 3.63) is 11.1 Å². The van der Waals surface area contributed by atoms with Crippen LogP contribution in [0.2, 0.25) is 0 Å². The van der Waals surface area contributed by atoms with Crippen LogP contribution in [0, 0.1) is 0 Å². The Labute approximate surface area is 80.5 Å². The molecule has 0 radical (unpaired) electrons. The number of hydrogen-bond donors (Lipinski definition) is 2. The number of carbonyl (C=O) groups excluding carboxylic acids is 1. The first-order chi connectivity index (χ1) is 6.20. The molecule has 0 aliphatic rings. The van der Waals surface area contributed by atoms with Gasteiger partial charge in [0, 0.05) is 18.0 Å². The zero-order valence-corrected chi connectivity index (χ0v) is 8.17.